The van der Waals surface area contributed by atoms with E-state index in [1.165, 1.54) is 6.07 Å². The van der Waals surface area contributed by atoms with E-state index in [1.54, 1.807) is 6.92 Å². The van der Waals surface area contributed by atoms with Crippen molar-refractivity contribution >= 4 is 17.0 Å². The molecule has 102 valence electrons. The van der Waals surface area contributed by atoms with Gasteiger partial charge in [-0.05, 0) is 31.9 Å². The van der Waals surface area contributed by atoms with Crippen LogP contribution in [0, 0.1) is 18.7 Å². The van der Waals surface area contributed by atoms with Crippen LogP contribution in [0.4, 0.5) is 10.3 Å². The molecule has 0 radical (unpaired) electrons. The van der Waals surface area contributed by atoms with Gasteiger partial charge in [-0.25, -0.2) is 9.37 Å². The summed E-state index contributed by atoms with van der Waals surface area (Å²) in [5.41, 5.74) is 8.14. The topological polar surface area (TPSA) is 53.1 Å². The van der Waals surface area contributed by atoms with Crippen LogP contribution < -0.4 is 5.73 Å². The second-order valence-corrected chi connectivity index (χ2v) is 5.29. The first kappa shape index (κ1) is 12.4. The Hall–Kier alpha value is -1.62. The van der Waals surface area contributed by atoms with Gasteiger partial charge < -0.3 is 15.0 Å². The predicted octanol–water partition coefficient (Wildman–Crippen LogP) is 2.66. The normalized spacial score (nSPS) is 21.1. The lowest BCUT2D eigenvalue weighted by Gasteiger charge is -2.21. The summed E-state index contributed by atoms with van der Waals surface area (Å²) in [6, 6.07) is 3.48. The van der Waals surface area contributed by atoms with E-state index in [1.807, 2.05) is 10.6 Å². The molecule has 0 saturated carbocycles. The highest BCUT2D eigenvalue weighted by atomic mass is 19.1. The monoisotopic (exact) mass is 263 g/mol. The summed E-state index contributed by atoms with van der Waals surface area (Å²) in [7, 11) is 0. The molecule has 2 heterocycles. The van der Waals surface area contributed by atoms with Crippen LogP contribution in [0.15, 0.2) is 12.1 Å². The van der Waals surface area contributed by atoms with Crippen LogP contribution in [0.1, 0.15) is 24.9 Å². The molecular formula is C14H18FN3O. The third-order valence-corrected chi connectivity index (χ3v) is 4.05. The number of hydrogen-bond donors (Lipinski definition) is 1. The highest BCUT2D eigenvalue weighted by molar-refractivity contribution is 5.79. The van der Waals surface area contributed by atoms with E-state index in [9.17, 15) is 4.39 Å². The summed E-state index contributed by atoms with van der Waals surface area (Å²) in [5.74, 6) is 0.637. The fourth-order valence-electron chi connectivity index (χ4n) is 2.81. The standard InChI is InChI=1S/C14H18FN3O/c1-8-5-13-12(6-11(8)15)17-14(16)18(13)9(2)10-3-4-19-7-10/h5-6,9-10H,3-4,7H2,1-2H3,(H2,16,17). The lowest BCUT2D eigenvalue weighted by Crippen LogP contribution is -2.18. The Morgan fingerprint density at radius 1 is 1.53 bits per heavy atom. The minimum absolute atomic E-state index is 0.206. The van der Waals surface area contributed by atoms with Crippen LogP contribution in [0.25, 0.3) is 11.0 Å². The first-order valence-electron chi connectivity index (χ1n) is 6.59. The number of nitrogen functional groups attached to an aromatic ring is 1. The highest BCUT2D eigenvalue weighted by Crippen LogP contribution is 2.32. The molecule has 1 aliphatic rings. The molecule has 0 spiro atoms. The van der Waals surface area contributed by atoms with Gasteiger partial charge in [0.1, 0.15) is 5.82 Å². The zero-order valence-corrected chi connectivity index (χ0v) is 11.2. The van der Waals surface area contributed by atoms with Gasteiger partial charge in [-0.1, -0.05) is 0 Å². The van der Waals surface area contributed by atoms with Gasteiger partial charge in [-0.2, -0.15) is 0 Å². The summed E-state index contributed by atoms with van der Waals surface area (Å²) < 4.78 is 21.0. The van der Waals surface area contributed by atoms with Gasteiger partial charge in [0.05, 0.1) is 17.6 Å². The Morgan fingerprint density at radius 3 is 3.00 bits per heavy atom. The molecule has 4 nitrogen and oxygen atoms in total. The van der Waals surface area contributed by atoms with Crippen LogP contribution in [0.2, 0.25) is 0 Å². The van der Waals surface area contributed by atoms with Crippen molar-refractivity contribution in [2.75, 3.05) is 18.9 Å². The molecule has 1 aliphatic heterocycles. The molecule has 0 bridgehead atoms. The Balaban J connectivity index is 2.11. The summed E-state index contributed by atoms with van der Waals surface area (Å²) >= 11 is 0. The van der Waals surface area contributed by atoms with E-state index in [0.717, 1.165) is 25.2 Å². The number of aromatic nitrogens is 2. The van der Waals surface area contributed by atoms with E-state index in [4.69, 9.17) is 10.5 Å². The first-order valence-corrected chi connectivity index (χ1v) is 6.59. The summed E-state index contributed by atoms with van der Waals surface area (Å²) in [6.07, 6.45) is 1.03. The second-order valence-electron chi connectivity index (χ2n) is 5.29. The highest BCUT2D eigenvalue weighted by Gasteiger charge is 2.26. The number of ether oxygens (including phenoxy) is 1. The quantitative estimate of drug-likeness (QED) is 0.906. The smallest absolute Gasteiger partial charge is 0.201 e. The van der Waals surface area contributed by atoms with Crippen LogP contribution in [0.3, 0.4) is 0 Å². The Kier molecular flexibility index (Phi) is 2.93. The molecule has 1 fully saturated rings. The van der Waals surface area contributed by atoms with E-state index in [0.29, 0.717) is 22.9 Å². The zero-order valence-electron chi connectivity index (χ0n) is 11.2. The van der Waals surface area contributed by atoms with E-state index in [-0.39, 0.29) is 11.9 Å². The third kappa shape index (κ3) is 1.98. The lowest BCUT2D eigenvalue weighted by molar-refractivity contribution is 0.176. The number of nitrogens with two attached hydrogens (primary N) is 1. The van der Waals surface area contributed by atoms with Crippen LogP contribution in [0.5, 0.6) is 0 Å². The average Bonchev–Trinajstić information content (AvgIpc) is 2.97. The van der Waals surface area contributed by atoms with Crippen molar-refractivity contribution in [3.8, 4) is 0 Å². The maximum Gasteiger partial charge on any atom is 0.201 e. The number of halogens is 1. The molecule has 0 amide bonds. The number of rotatable bonds is 2. The van der Waals surface area contributed by atoms with Gasteiger partial charge in [0, 0.05) is 24.6 Å². The van der Waals surface area contributed by atoms with E-state index >= 15 is 0 Å². The molecular weight excluding hydrogens is 245 g/mol. The van der Waals surface area contributed by atoms with Crippen molar-refractivity contribution in [2.45, 2.75) is 26.3 Å². The maximum atomic E-state index is 13.6. The van der Waals surface area contributed by atoms with Gasteiger partial charge in [0.15, 0.2) is 0 Å². The fraction of sp³-hybridized carbons (Fsp3) is 0.500. The molecule has 19 heavy (non-hydrogen) atoms. The summed E-state index contributed by atoms with van der Waals surface area (Å²) in [4.78, 5) is 4.27. The molecule has 5 heteroatoms. The Bertz CT molecular complexity index is 617. The van der Waals surface area contributed by atoms with Crippen LogP contribution >= 0.6 is 0 Å². The number of aryl methyl sites for hydroxylation is 1. The number of anilines is 1. The molecule has 3 rings (SSSR count). The molecule has 2 aromatic rings. The molecule has 2 N–H and O–H groups in total. The minimum Gasteiger partial charge on any atom is -0.381 e. The van der Waals surface area contributed by atoms with Gasteiger partial charge in [0.2, 0.25) is 5.95 Å². The van der Waals surface area contributed by atoms with Gasteiger partial charge in [0.25, 0.3) is 0 Å². The summed E-state index contributed by atoms with van der Waals surface area (Å²) in [5, 5.41) is 0. The molecule has 1 aromatic carbocycles. The largest absolute Gasteiger partial charge is 0.381 e. The molecule has 1 saturated heterocycles. The van der Waals surface area contributed by atoms with E-state index < -0.39 is 0 Å². The van der Waals surface area contributed by atoms with Gasteiger partial charge in [-0.15, -0.1) is 0 Å². The van der Waals surface area contributed by atoms with Gasteiger partial charge >= 0.3 is 0 Å². The second kappa shape index (κ2) is 4.49. The van der Waals surface area contributed by atoms with Crippen LogP contribution in [-0.2, 0) is 4.74 Å². The number of benzene rings is 1. The number of fused-ring (bicyclic) bond motifs is 1. The van der Waals surface area contributed by atoms with Crippen molar-refractivity contribution < 1.29 is 9.13 Å². The van der Waals surface area contributed by atoms with Crippen molar-refractivity contribution in [1.29, 1.82) is 0 Å². The zero-order chi connectivity index (χ0) is 13.6. The minimum atomic E-state index is -0.242. The summed E-state index contributed by atoms with van der Waals surface area (Å²) in [6.45, 7) is 5.43. The van der Waals surface area contributed by atoms with Crippen LogP contribution in [-0.4, -0.2) is 22.8 Å². The first-order chi connectivity index (χ1) is 9.08. The molecule has 2 atom stereocenters. The van der Waals surface area contributed by atoms with Crippen molar-refractivity contribution in [2.24, 2.45) is 5.92 Å². The molecule has 1 aromatic heterocycles. The maximum absolute atomic E-state index is 13.6. The fourth-order valence-corrected chi connectivity index (χ4v) is 2.81. The van der Waals surface area contributed by atoms with Crippen molar-refractivity contribution in [3.05, 3.63) is 23.5 Å². The van der Waals surface area contributed by atoms with Gasteiger partial charge in [-0.3, -0.25) is 0 Å². The van der Waals surface area contributed by atoms with Crippen molar-refractivity contribution in [1.82, 2.24) is 9.55 Å². The lowest BCUT2D eigenvalue weighted by atomic mass is 10.0. The third-order valence-electron chi connectivity index (χ3n) is 4.05. The Morgan fingerprint density at radius 2 is 2.32 bits per heavy atom. The molecule has 2 unspecified atom stereocenters. The Labute approximate surface area is 111 Å². The predicted molar refractivity (Wildman–Crippen MR) is 72.5 cm³/mol. The number of hydrogen-bond acceptors (Lipinski definition) is 3. The van der Waals surface area contributed by atoms with Crippen molar-refractivity contribution in [3.63, 3.8) is 0 Å². The molecule has 0 aliphatic carbocycles. The van der Waals surface area contributed by atoms with E-state index in [2.05, 4.69) is 11.9 Å². The average molecular weight is 263 g/mol. The SMILES string of the molecule is Cc1cc2c(cc1F)nc(N)n2C(C)C1CCOC1. The number of nitrogens with zero attached hydrogens (tertiary/aromatic N) is 2. The number of imidazole rings is 1.